The minimum Gasteiger partial charge on any atom is -0.385 e. The number of hydrogen-bond donors (Lipinski definition) is 3. The van der Waals surface area contributed by atoms with E-state index in [-0.39, 0.29) is 0 Å². The van der Waals surface area contributed by atoms with Gasteiger partial charge in [-0.2, -0.15) is 0 Å². The first kappa shape index (κ1) is 16.2. The van der Waals surface area contributed by atoms with Crippen LogP contribution in [0.15, 0.2) is 72.9 Å². The van der Waals surface area contributed by atoms with Gasteiger partial charge in [-0.05, 0) is 19.3 Å². The van der Waals surface area contributed by atoms with Crippen LogP contribution in [0.5, 0.6) is 0 Å². The molecule has 0 bridgehead atoms. The smallest absolute Gasteiger partial charge is 0.0980 e. The van der Waals surface area contributed by atoms with E-state index in [1.807, 2.05) is 36.5 Å². The Labute approximate surface area is 137 Å². The van der Waals surface area contributed by atoms with E-state index >= 15 is 0 Å². The fourth-order valence-corrected chi connectivity index (χ4v) is 4.06. The molecule has 23 heavy (non-hydrogen) atoms. The maximum absolute atomic E-state index is 11.5. The van der Waals surface area contributed by atoms with E-state index in [2.05, 4.69) is 0 Å². The van der Waals surface area contributed by atoms with Crippen molar-refractivity contribution < 1.29 is 15.3 Å². The zero-order valence-corrected chi connectivity index (χ0v) is 13.4. The first-order chi connectivity index (χ1) is 10.9. The summed E-state index contributed by atoms with van der Waals surface area (Å²) < 4.78 is 0. The van der Waals surface area contributed by atoms with Crippen LogP contribution in [0.4, 0.5) is 0 Å². The Bertz CT molecular complexity index is 563. The van der Waals surface area contributed by atoms with Crippen molar-refractivity contribution in [3.8, 4) is 0 Å². The molecule has 0 saturated heterocycles. The van der Waals surface area contributed by atoms with Crippen molar-refractivity contribution >= 4 is 0 Å². The highest BCUT2D eigenvalue weighted by Crippen LogP contribution is 2.57. The van der Waals surface area contributed by atoms with E-state index in [0.717, 1.165) is 0 Å². The van der Waals surface area contributed by atoms with E-state index < -0.39 is 22.2 Å². The van der Waals surface area contributed by atoms with Gasteiger partial charge < -0.3 is 15.3 Å². The number of rotatable bonds is 3. The summed E-state index contributed by atoms with van der Waals surface area (Å²) in [5, 5.41) is 34.4. The fourth-order valence-electron chi connectivity index (χ4n) is 4.06. The molecule has 0 amide bonds. The summed E-state index contributed by atoms with van der Waals surface area (Å²) in [6.07, 6.45) is 22.7. The van der Waals surface area contributed by atoms with Gasteiger partial charge in [-0.3, -0.25) is 0 Å². The Morgan fingerprint density at radius 2 is 0.913 bits per heavy atom. The molecule has 3 heteroatoms. The molecule has 3 aliphatic carbocycles. The first-order valence-electron chi connectivity index (χ1n) is 8.07. The van der Waals surface area contributed by atoms with Gasteiger partial charge in [0.15, 0.2) is 0 Å². The van der Waals surface area contributed by atoms with Crippen LogP contribution in [0.1, 0.15) is 26.2 Å². The molecule has 3 N–H and O–H groups in total. The van der Waals surface area contributed by atoms with Gasteiger partial charge >= 0.3 is 0 Å². The monoisotopic (exact) mass is 312 g/mol. The van der Waals surface area contributed by atoms with Crippen molar-refractivity contribution in [3.63, 3.8) is 0 Å². The number of aliphatic hydroxyl groups is 3. The first-order valence-corrected chi connectivity index (χ1v) is 8.07. The predicted octanol–water partition coefficient (Wildman–Crippen LogP) is 2.73. The van der Waals surface area contributed by atoms with Gasteiger partial charge in [0.25, 0.3) is 0 Å². The summed E-state index contributed by atoms with van der Waals surface area (Å²) in [5.74, 6) is 0. The van der Waals surface area contributed by atoms with E-state index in [4.69, 9.17) is 0 Å². The van der Waals surface area contributed by atoms with Crippen LogP contribution >= 0.6 is 0 Å². The minimum atomic E-state index is -1.36. The molecule has 122 valence electrons. The molecule has 3 unspecified atom stereocenters. The van der Waals surface area contributed by atoms with Gasteiger partial charge in [0, 0.05) is 0 Å². The SMILES string of the molecule is CC(C1(O)C=CC=CC1)(C1(O)C=CC=CC1)C1(O)C=CC=CC1. The minimum absolute atomic E-state index is 0.347. The van der Waals surface area contributed by atoms with E-state index in [1.165, 1.54) is 0 Å². The third kappa shape index (κ3) is 2.23. The Kier molecular flexibility index (Phi) is 3.83. The predicted molar refractivity (Wildman–Crippen MR) is 91.6 cm³/mol. The molecule has 3 atom stereocenters. The Hall–Kier alpha value is -1.68. The summed E-state index contributed by atoms with van der Waals surface area (Å²) in [6, 6.07) is 0. The molecular formula is C20H24O3. The lowest BCUT2D eigenvalue weighted by Crippen LogP contribution is -2.69. The average molecular weight is 312 g/mol. The van der Waals surface area contributed by atoms with Crippen molar-refractivity contribution in [2.75, 3.05) is 0 Å². The van der Waals surface area contributed by atoms with Gasteiger partial charge in [0.1, 0.15) is 0 Å². The van der Waals surface area contributed by atoms with Crippen LogP contribution in [0, 0.1) is 5.41 Å². The van der Waals surface area contributed by atoms with Crippen LogP contribution in [0.3, 0.4) is 0 Å². The molecule has 0 aliphatic heterocycles. The van der Waals surface area contributed by atoms with Crippen LogP contribution in [-0.4, -0.2) is 32.1 Å². The highest BCUT2D eigenvalue weighted by Gasteiger charge is 2.66. The second-order valence-electron chi connectivity index (χ2n) is 6.87. The zero-order chi connectivity index (χ0) is 16.6. The normalized spacial score (nSPS) is 41.2. The highest BCUT2D eigenvalue weighted by atomic mass is 16.3. The molecule has 0 aromatic heterocycles. The molecule has 0 saturated carbocycles. The Morgan fingerprint density at radius 3 is 1.13 bits per heavy atom. The fraction of sp³-hybridized carbons (Fsp3) is 0.400. The second-order valence-corrected chi connectivity index (χ2v) is 6.87. The largest absolute Gasteiger partial charge is 0.385 e. The van der Waals surface area contributed by atoms with Crippen molar-refractivity contribution in [1.29, 1.82) is 0 Å². The van der Waals surface area contributed by atoms with Crippen molar-refractivity contribution in [3.05, 3.63) is 72.9 Å². The number of allylic oxidation sites excluding steroid dienone is 6. The Morgan fingerprint density at radius 1 is 0.609 bits per heavy atom. The summed E-state index contributed by atoms with van der Waals surface area (Å²) in [7, 11) is 0. The van der Waals surface area contributed by atoms with Gasteiger partial charge in [0.2, 0.25) is 0 Å². The number of hydrogen-bond acceptors (Lipinski definition) is 3. The van der Waals surface area contributed by atoms with Crippen LogP contribution in [0.25, 0.3) is 0 Å². The van der Waals surface area contributed by atoms with Crippen LogP contribution in [0.2, 0.25) is 0 Å². The molecule has 0 fully saturated rings. The lowest BCUT2D eigenvalue weighted by molar-refractivity contribution is -0.222. The maximum Gasteiger partial charge on any atom is 0.0980 e. The van der Waals surface area contributed by atoms with Crippen molar-refractivity contribution in [2.45, 2.75) is 43.0 Å². The van der Waals surface area contributed by atoms with Gasteiger partial charge in [-0.25, -0.2) is 0 Å². The second kappa shape index (κ2) is 5.45. The lowest BCUT2D eigenvalue weighted by Gasteiger charge is -2.59. The standard InChI is InChI=1S/C20H24O3/c1-17(18(21)11-5-2-6-12-18,19(22)13-7-3-8-14-19)20(23)15-9-4-10-16-20/h2-11,13,15,21-23H,12,14,16H2,1H3. The molecular weight excluding hydrogens is 288 g/mol. The zero-order valence-electron chi connectivity index (χ0n) is 13.4. The molecule has 0 aromatic carbocycles. The molecule has 0 radical (unpaired) electrons. The summed E-state index contributed by atoms with van der Waals surface area (Å²) in [5.41, 5.74) is -5.32. The Balaban J connectivity index is 2.18. The molecule has 3 aliphatic rings. The third-order valence-electron chi connectivity index (χ3n) is 5.74. The van der Waals surface area contributed by atoms with Crippen LogP contribution < -0.4 is 0 Å². The van der Waals surface area contributed by atoms with Crippen LogP contribution in [-0.2, 0) is 0 Å². The van der Waals surface area contributed by atoms with Gasteiger partial charge in [-0.1, -0.05) is 79.8 Å². The van der Waals surface area contributed by atoms with Crippen molar-refractivity contribution in [1.82, 2.24) is 0 Å². The topological polar surface area (TPSA) is 60.7 Å². The third-order valence-corrected chi connectivity index (χ3v) is 5.74. The van der Waals surface area contributed by atoms with Gasteiger partial charge in [0.05, 0.1) is 22.2 Å². The van der Waals surface area contributed by atoms with E-state index in [9.17, 15) is 15.3 Å². The average Bonchev–Trinajstić information content (AvgIpc) is 2.56. The molecule has 3 nitrogen and oxygen atoms in total. The summed E-state index contributed by atoms with van der Waals surface area (Å²) >= 11 is 0. The lowest BCUT2D eigenvalue weighted by atomic mass is 9.50. The van der Waals surface area contributed by atoms with Gasteiger partial charge in [-0.15, -0.1) is 0 Å². The molecule has 0 aromatic rings. The highest BCUT2D eigenvalue weighted by molar-refractivity contribution is 5.38. The quantitative estimate of drug-likeness (QED) is 0.751. The summed E-state index contributed by atoms with van der Waals surface area (Å²) in [4.78, 5) is 0. The van der Waals surface area contributed by atoms with Crippen molar-refractivity contribution in [2.24, 2.45) is 5.41 Å². The molecule has 3 rings (SSSR count). The summed E-state index contributed by atoms with van der Waals surface area (Å²) in [6.45, 7) is 1.78. The molecule has 0 heterocycles. The molecule has 0 spiro atoms. The van der Waals surface area contributed by atoms with E-state index in [0.29, 0.717) is 19.3 Å². The maximum atomic E-state index is 11.5. The van der Waals surface area contributed by atoms with E-state index in [1.54, 1.807) is 43.4 Å².